The fraction of sp³-hybridized carbons (Fsp3) is 0.182. The molecule has 25 heavy (non-hydrogen) atoms. The molecule has 0 spiro atoms. The summed E-state index contributed by atoms with van der Waals surface area (Å²) in [7, 11) is 0. The maximum absolute atomic E-state index is 9.79. The number of rotatable bonds is 7. The maximum Gasteiger partial charge on any atom is 0.0951 e. The average Bonchev–Trinajstić information content (AvgIpc) is 2.71. The highest BCUT2D eigenvalue weighted by atomic mass is 16.3. The van der Waals surface area contributed by atoms with Crippen LogP contribution in [-0.4, -0.2) is 24.3 Å². The SMILES string of the molecule is NC[C@H](CO)NC(c1ccccc1)(c1ccccc1)c1ccccc1. The van der Waals surface area contributed by atoms with Crippen LogP contribution in [0.4, 0.5) is 0 Å². The first-order valence-corrected chi connectivity index (χ1v) is 8.56. The highest BCUT2D eigenvalue weighted by molar-refractivity contribution is 5.49. The molecule has 3 nitrogen and oxygen atoms in total. The Morgan fingerprint density at radius 2 is 1.08 bits per heavy atom. The van der Waals surface area contributed by atoms with E-state index in [1.54, 1.807) is 0 Å². The summed E-state index contributed by atoms with van der Waals surface area (Å²) in [5.41, 5.74) is 8.65. The second kappa shape index (κ2) is 8.08. The number of hydrogen-bond donors (Lipinski definition) is 3. The molecule has 3 heteroatoms. The molecule has 0 radical (unpaired) electrons. The second-order valence-electron chi connectivity index (χ2n) is 6.11. The largest absolute Gasteiger partial charge is 0.395 e. The summed E-state index contributed by atoms with van der Waals surface area (Å²) in [5.74, 6) is 0. The first kappa shape index (κ1) is 17.4. The molecule has 128 valence electrons. The monoisotopic (exact) mass is 332 g/mol. The number of hydrogen-bond acceptors (Lipinski definition) is 3. The van der Waals surface area contributed by atoms with Crippen molar-refractivity contribution >= 4 is 0 Å². The van der Waals surface area contributed by atoms with E-state index in [4.69, 9.17) is 5.73 Å². The smallest absolute Gasteiger partial charge is 0.0951 e. The van der Waals surface area contributed by atoms with E-state index in [2.05, 4.69) is 41.7 Å². The summed E-state index contributed by atoms with van der Waals surface area (Å²) < 4.78 is 0. The summed E-state index contributed by atoms with van der Waals surface area (Å²) in [6.45, 7) is 0.329. The zero-order chi connectivity index (χ0) is 17.5. The maximum atomic E-state index is 9.79. The van der Waals surface area contributed by atoms with E-state index in [0.29, 0.717) is 6.54 Å². The highest BCUT2D eigenvalue weighted by Crippen LogP contribution is 2.37. The number of benzene rings is 3. The molecule has 0 saturated heterocycles. The molecule has 0 aliphatic rings. The summed E-state index contributed by atoms with van der Waals surface area (Å²) in [6.07, 6.45) is 0. The molecule has 0 aromatic heterocycles. The van der Waals surface area contributed by atoms with Gasteiger partial charge in [-0.1, -0.05) is 91.0 Å². The van der Waals surface area contributed by atoms with Gasteiger partial charge in [-0.2, -0.15) is 0 Å². The Balaban J connectivity index is 2.27. The molecule has 1 atom stereocenters. The van der Waals surface area contributed by atoms with Crippen LogP contribution in [0, 0.1) is 0 Å². The standard InChI is InChI=1S/C22H24N2O/c23-16-21(17-25)24-22(18-10-4-1-5-11-18,19-12-6-2-7-13-19)20-14-8-3-9-15-20/h1-15,21,24-25H,16-17,23H2/t21-/m1/s1. The van der Waals surface area contributed by atoms with Gasteiger partial charge in [0.25, 0.3) is 0 Å². The molecule has 0 unspecified atom stereocenters. The first-order chi connectivity index (χ1) is 12.3. The average molecular weight is 332 g/mol. The molecule has 0 bridgehead atoms. The van der Waals surface area contributed by atoms with Crippen molar-refractivity contribution in [2.45, 2.75) is 11.6 Å². The van der Waals surface area contributed by atoms with E-state index in [-0.39, 0.29) is 12.6 Å². The Morgan fingerprint density at radius 1 is 0.720 bits per heavy atom. The summed E-state index contributed by atoms with van der Waals surface area (Å²) in [5, 5.41) is 13.4. The molecule has 4 N–H and O–H groups in total. The number of nitrogens with one attached hydrogen (secondary N) is 1. The quantitative estimate of drug-likeness (QED) is 0.583. The lowest BCUT2D eigenvalue weighted by molar-refractivity contribution is 0.225. The van der Waals surface area contributed by atoms with E-state index in [1.807, 2.05) is 54.6 Å². The van der Waals surface area contributed by atoms with Crippen molar-refractivity contribution in [2.24, 2.45) is 5.73 Å². The second-order valence-corrected chi connectivity index (χ2v) is 6.11. The first-order valence-electron chi connectivity index (χ1n) is 8.56. The lowest BCUT2D eigenvalue weighted by Crippen LogP contribution is -2.53. The molecule has 3 aromatic carbocycles. The van der Waals surface area contributed by atoms with Crippen LogP contribution in [-0.2, 0) is 5.54 Å². The molecule has 0 fully saturated rings. The highest BCUT2D eigenvalue weighted by Gasteiger charge is 2.37. The van der Waals surface area contributed by atoms with Gasteiger partial charge >= 0.3 is 0 Å². The number of aliphatic hydroxyl groups excluding tert-OH is 1. The Labute approximate surface area is 149 Å². The van der Waals surface area contributed by atoms with E-state index in [1.165, 1.54) is 0 Å². The third-order valence-corrected chi connectivity index (χ3v) is 4.55. The van der Waals surface area contributed by atoms with Gasteiger partial charge in [-0.3, -0.25) is 5.32 Å². The van der Waals surface area contributed by atoms with Crippen molar-refractivity contribution in [3.05, 3.63) is 108 Å². The molecule has 0 aliphatic carbocycles. The van der Waals surface area contributed by atoms with Crippen LogP contribution in [0.25, 0.3) is 0 Å². The predicted molar refractivity (Wildman–Crippen MR) is 102 cm³/mol. The zero-order valence-corrected chi connectivity index (χ0v) is 14.2. The van der Waals surface area contributed by atoms with E-state index in [9.17, 15) is 5.11 Å². The van der Waals surface area contributed by atoms with Gasteiger partial charge in [0.2, 0.25) is 0 Å². The van der Waals surface area contributed by atoms with Crippen LogP contribution in [0.1, 0.15) is 16.7 Å². The number of aliphatic hydroxyl groups is 1. The van der Waals surface area contributed by atoms with Crippen LogP contribution >= 0.6 is 0 Å². The van der Waals surface area contributed by atoms with Gasteiger partial charge in [0.1, 0.15) is 0 Å². The minimum Gasteiger partial charge on any atom is -0.395 e. The predicted octanol–water partition coefficient (Wildman–Crippen LogP) is 2.89. The Kier molecular flexibility index (Phi) is 5.61. The summed E-state index contributed by atoms with van der Waals surface area (Å²) in [4.78, 5) is 0. The van der Waals surface area contributed by atoms with Gasteiger partial charge in [-0.15, -0.1) is 0 Å². The normalized spacial score (nSPS) is 12.7. The van der Waals surface area contributed by atoms with Gasteiger partial charge in [0.15, 0.2) is 0 Å². The van der Waals surface area contributed by atoms with Crippen LogP contribution in [0.2, 0.25) is 0 Å². The molecule has 0 aliphatic heterocycles. The molecular formula is C22H24N2O. The molecular weight excluding hydrogens is 308 g/mol. The third kappa shape index (κ3) is 3.49. The van der Waals surface area contributed by atoms with Crippen molar-refractivity contribution in [1.82, 2.24) is 5.32 Å². The van der Waals surface area contributed by atoms with Crippen LogP contribution in [0.5, 0.6) is 0 Å². The minimum absolute atomic E-state index is 0.0231. The molecule has 3 rings (SSSR count). The van der Waals surface area contributed by atoms with Crippen LogP contribution < -0.4 is 11.1 Å². The Bertz CT molecular complexity index is 659. The van der Waals surface area contributed by atoms with Crippen molar-refractivity contribution in [2.75, 3.05) is 13.2 Å². The molecule has 0 amide bonds. The molecule has 0 heterocycles. The fourth-order valence-corrected chi connectivity index (χ4v) is 3.30. The van der Waals surface area contributed by atoms with Gasteiger partial charge in [-0.05, 0) is 16.7 Å². The lowest BCUT2D eigenvalue weighted by atomic mass is 9.76. The zero-order valence-electron chi connectivity index (χ0n) is 14.2. The Morgan fingerprint density at radius 3 is 1.36 bits per heavy atom. The van der Waals surface area contributed by atoms with Gasteiger partial charge < -0.3 is 10.8 Å². The lowest BCUT2D eigenvalue weighted by Gasteiger charge is -2.39. The van der Waals surface area contributed by atoms with Crippen LogP contribution in [0.3, 0.4) is 0 Å². The van der Waals surface area contributed by atoms with E-state index in [0.717, 1.165) is 16.7 Å². The van der Waals surface area contributed by atoms with Crippen LogP contribution in [0.15, 0.2) is 91.0 Å². The van der Waals surface area contributed by atoms with Gasteiger partial charge in [0, 0.05) is 12.6 Å². The topological polar surface area (TPSA) is 58.3 Å². The summed E-state index contributed by atoms with van der Waals surface area (Å²) >= 11 is 0. The van der Waals surface area contributed by atoms with Gasteiger partial charge in [0.05, 0.1) is 12.1 Å². The van der Waals surface area contributed by atoms with Crippen molar-refractivity contribution in [1.29, 1.82) is 0 Å². The van der Waals surface area contributed by atoms with Gasteiger partial charge in [-0.25, -0.2) is 0 Å². The van der Waals surface area contributed by atoms with Crippen molar-refractivity contribution < 1.29 is 5.11 Å². The fourth-order valence-electron chi connectivity index (χ4n) is 3.30. The Hall–Kier alpha value is -2.46. The third-order valence-electron chi connectivity index (χ3n) is 4.55. The van der Waals surface area contributed by atoms with E-state index >= 15 is 0 Å². The number of nitrogens with two attached hydrogens (primary N) is 1. The van der Waals surface area contributed by atoms with Crippen molar-refractivity contribution in [3.63, 3.8) is 0 Å². The van der Waals surface area contributed by atoms with Crippen molar-refractivity contribution in [3.8, 4) is 0 Å². The summed E-state index contributed by atoms with van der Waals surface area (Å²) in [6, 6.07) is 30.7. The molecule has 3 aromatic rings. The molecule has 0 saturated carbocycles. The van der Waals surface area contributed by atoms with E-state index < -0.39 is 5.54 Å². The minimum atomic E-state index is -0.587.